The summed E-state index contributed by atoms with van der Waals surface area (Å²) in [4.78, 5) is 0. The quantitative estimate of drug-likeness (QED) is 0.736. The molecule has 1 aromatic rings. The van der Waals surface area contributed by atoms with E-state index >= 15 is 0 Å². The predicted octanol–water partition coefficient (Wildman–Crippen LogP) is 0.415. The van der Waals surface area contributed by atoms with E-state index in [1.54, 1.807) is 18.2 Å². The van der Waals surface area contributed by atoms with Crippen molar-refractivity contribution in [1.82, 2.24) is 0 Å². The molecule has 7 nitrogen and oxygen atoms in total. The van der Waals surface area contributed by atoms with Crippen LogP contribution in [0.5, 0.6) is 0 Å². The molecule has 20 heavy (non-hydrogen) atoms. The predicted molar refractivity (Wildman–Crippen MR) is 56.4 cm³/mol. The fourth-order valence-corrected chi connectivity index (χ4v) is 1.38. The molecule has 0 spiro atoms. The van der Waals surface area contributed by atoms with Crippen LogP contribution in [0.3, 0.4) is 0 Å². The summed E-state index contributed by atoms with van der Waals surface area (Å²) in [6, 6.07) is 10.0. The Kier molecular flexibility index (Phi) is 6.26. The van der Waals surface area contributed by atoms with Crippen molar-refractivity contribution in [1.29, 1.82) is 26.3 Å². The summed E-state index contributed by atoms with van der Waals surface area (Å²) in [7, 11) is 0. The zero-order valence-electron chi connectivity index (χ0n) is 9.58. The van der Waals surface area contributed by atoms with E-state index in [0.29, 0.717) is 0 Å². The molecule has 0 saturated heterocycles. The molecule has 8 heteroatoms. The van der Waals surface area contributed by atoms with Gasteiger partial charge in [0.2, 0.25) is 0 Å². The van der Waals surface area contributed by atoms with Crippen LogP contribution in [0.15, 0.2) is 12.1 Å². The van der Waals surface area contributed by atoms with Crippen molar-refractivity contribution < 1.29 is 24.6 Å². The first kappa shape index (κ1) is 16.9. The first-order chi connectivity index (χ1) is 9.57. The van der Waals surface area contributed by atoms with E-state index in [-0.39, 0.29) is 22.3 Å². The van der Waals surface area contributed by atoms with Crippen LogP contribution in [0.25, 0.3) is 0 Å². The van der Waals surface area contributed by atoms with Gasteiger partial charge >= 0.3 is 19.5 Å². The van der Waals surface area contributed by atoms with Gasteiger partial charge in [-0.1, -0.05) is 6.07 Å². The molecule has 1 rings (SSSR count). The maximum absolute atomic E-state index is 9.73. The molecule has 0 fully saturated rings. The van der Waals surface area contributed by atoms with Gasteiger partial charge in [0.05, 0.1) is 16.7 Å². The van der Waals surface area contributed by atoms with E-state index in [0.717, 1.165) is 6.07 Å². The Labute approximate surface area is 121 Å². The molecule has 97 valence electrons. The summed E-state index contributed by atoms with van der Waals surface area (Å²) in [6.45, 7) is 0. The Morgan fingerprint density at radius 2 is 1.40 bits per heavy atom. The molecule has 0 unspecified atom stereocenters. The molecule has 0 radical (unpaired) electrons. The van der Waals surface area contributed by atoms with E-state index in [1.165, 1.54) is 18.2 Å². The minimum absolute atomic E-state index is 0.0592. The number of hydrogen-bond donors (Lipinski definition) is 1. The van der Waals surface area contributed by atoms with Gasteiger partial charge in [-0.05, 0) is 6.07 Å². The molecule has 0 amide bonds. The first-order valence-electron chi connectivity index (χ1n) is 4.64. The summed E-state index contributed by atoms with van der Waals surface area (Å²) >= 11 is 2.31. The van der Waals surface area contributed by atoms with Gasteiger partial charge in [0.15, 0.2) is 0 Å². The minimum atomic E-state index is -2.52. The van der Waals surface area contributed by atoms with Crippen LogP contribution in [-0.4, -0.2) is 5.11 Å². The third-order valence-corrected chi connectivity index (χ3v) is 2.26. The average Bonchev–Trinajstić information content (AvgIpc) is 2.54. The summed E-state index contributed by atoms with van der Waals surface area (Å²) < 4.78 is 7.94. The van der Waals surface area contributed by atoms with Crippen LogP contribution in [0.1, 0.15) is 22.3 Å². The molecule has 0 saturated carbocycles. The van der Waals surface area contributed by atoms with Crippen molar-refractivity contribution in [3.63, 3.8) is 0 Å². The Bertz CT molecular complexity index is 726. The zero-order valence-corrected chi connectivity index (χ0v) is 10.6. The topological polar surface area (TPSA) is 156 Å². The summed E-state index contributed by atoms with van der Waals surface area (Å²) in [6.07, 6.45) is 0. The van der Waals surface area contributed by atoms with E-state index in [2.05, 4.69) is 15.7 Å². The monoisotopic (exact) mass is 308 g/mol. The van der Waals surface area contributed by atoms with Crippen LogP contribution < -0.4 is 0 Å². The van der Waals surface area contributed by atoms with Crippen LogP contribution in [0.2, 0.25) is 0 Å². The van der Waals surface area contributed by atoms with Crippen LogP contribution >= 0.6 is 0 Å². The maximum atomic E-state index is 9.73. The van der Waals surface area contributed by atoms with Gasteiger partial charge in [0.1, 0.15) is 30.3 Å². The van der Waals surface area contributed by atoms with Crippen LogP contribution in [-0.2, 0) is 25.1 Å². The standard InChI is InChI=1S/C12H3N5O.Co.O/c13-3-8-1-2-11(12(18,6-16)7-17)10(5-15)9(8)4-14;;/h1-2,18H;;. The first-order valence-corrected chi connectivity index (χ1v) is 5.06. The third-order valence-electron chi connectivity index (χ3n) is 2.26. The van der Waals surface area contributed by atoms with E-state index < -0.39 is 5.60 Å². The Balaban J connectivity index is 0.00000172. The van der Waals surface area contributed by atoms with Gasteiger partial charge in [0.25, 0.3) is 5.60 Å². The Morgan fingerprint density at radius 1 is 0.900 bits per heavy atom. The van der Waals surface area contributed by atoms with Gasteiger partial charge in [0, 0.05) is 5.56 Å². The molecule has 0 aliphatic carbocycles. The van der Waals surface area contributed by atoms with Crippen molar-refractivity contribution in [3.05, 3.63) is 34.4 Å². The van der Waals surface area contributed by atoms with E-state index in [9.17, 15) is 5.11 Å². The van der Waals surface area contributed by atoms with Gasteiger partial charge in [-0.2, -0.15) is 26.3 Å². The van der Waals surface area contributed by atoms with Crippen LogP contribution in [0.4, 0.5) is 0 Å². The van der Waals surface area contributed by atoms with Crippen molar-refractivity contribution >= 4 is 0 Å². The molecular formula is C12H3CoN5O2. The number of hydrogen-bond acceptors (Lipinski definition) is 7. The Hall–Kier alpha value is -3.06. The molecule has 0 atom stereocenters. The van der Waals surface area contributed by atoms with Crippen LogP contribution in [0, 0.1) is 56.7 Å². The molecule has 0 heterocycles. The molecule has 0 aliphatic heterocycles. The van der Waals surface area contributed by atoms with E-state index in [1.807, 2.05) is 0 Å². The van der Waals surface area contributed by atoms with Gasteiger partial charge in [-0.15, -0.1) is 0 Å². The molecular weight excluding hydrogens is 305 g/mol. The summed E-state index contributed by atoms with van der Waals surface area (Å²) in [5.41, 5.74) is -3.49. The van der Waals surface area contributed by atoms with Gasteiger partial charge in [-0.3, -0.25) is 0 Å². The van der Waals surface area contributed by atoms with Crippen molar-refractivity contribution in [2.24, 2.45) is 0 Å². The third kappa shape index (κ3) is 2.84. The second-order valence-electron chi connectivity index (χ2n) is 3.18. The molecule has 0 aliphatic rings. The molecule has 0 aromatic heterocycles. The molecule has 1 N–H and O–H groups in total. The van der Waals surface area contributed by atoms with Crippen molar-refractivity contribution in [3.8, 4) is 30.3 Å². The second kappa shape index (κ2) is 7.39. The normalized spacial score (nSPS) is 8.45. The number of benzene rings is 1. The van der Waals surface area contributed by atoms with Crippen molar-refractivity contribution in [2.45, 2.75) is 5.60 Å². The number of aliphatic hydroxyl groups is 1. The van der Waals surface area contributed by atoms with Crippen molar-refractivity contribution in [2.75, 3.05) is 0 Å². The van der Waals surface area contributed by atoms with E-state index in [4.69, 9.17) is 30.2 Å². The summed E-state index contributed by atoms with van der Waals surface area (Å²) in [5.74, 6) is 0. The fraction of sp³-hybridized carbons (Fsp3) is 0.0833. The average molecular weight is 308 g/mol. The number of nitriles is 5. The fourth-order valence-electron chi connectivity index (χ4n) is 1.38. The zero-order chi connectivity index (χ0) is 15.8. The summed E-state index contributed by atoms with van der Waals surface area (Å²) in [5, 5.41) is 53.9. The SMILES string of the molecule is N#Cc1ccc(C(O)(C#N)C#N)c(C#N)c1C#N.[O]=[Co]. The number of rotatable bonds is 1. The molecule has 1 aromatic carbocycles. The molecule has 0 bridgehead atoms. The number of nitrogens with zero attached hydrogens (tertiary/aromatic N) is 5. The Morgan fingerprint density at radius 3 is 1.75 bits per heavy atom. The van der Waals surface area contributed by atoms with Gasteiger partial charge in [-0.25, -0.2) is 0 Å². The van der Waals surface area contributed by atoms with Gasteiger partial charge < -0.3 is 5.11 Å². The second-order valence-corrected chi connectivity index (χ2v) is 3.18.